The van der Waals surface area contributed by atoms with Gasteiger partial charge in [-0.3, -0.25) is 0 Å². The summed E-state index contributed by atoms with van der Waals surface area (Å²) in [6.45, 7) is 6.99. The van der Waals surface area contributed by atoms with Crippen LogP contribution in [-0.4, -0.2) is 80.1 Å². The van der Waals surface area contributed by atoms with E-state index in [0.29, 0.717) is 31.5 Å². The summed E-state index contributed by atoms with van der Waals surface area (Å²) < 4.78 is 5.20. The molecule has 1 saturated heterocycles. The zero-order valence-electron chi connectivity index (χ0n) is 18.2. The second-order valence-electron chi connectivity index (χ2n) is 8.30. The van der Waals surface area contributed by atoms with Crippen LogP contribution in [-0.2, 0) is 11.3 Å². The van der Waals surface area contributed by atoms with E-state index in [0.717, 1.165) is 5.56 Å². The van der Waals surface area contributed by atoms with Gasteiger partial charge in [-0.15, -0.1) is 0 Å². The van der Waals surface area contributed by atoms with E-state index in [-0.39, 0.29) is 24.8 Å². The number of carboxylic acids is 1. The van der Waals surface area contributed by atoms with E-state index in [1.54, 1.807) is 33.2 Å². The van der Waals surface area contributed by atoms with E-state index in [4.69, 9.17) is 9.84 Å². The number of aromatic nitrogens is 4. The van der Waals surface area contributed by atoms with Gasteiger partial charge < -0.3 is 30.1 Å². The zero-order chi connectivity index (χ0) is 23.3. The number of aliphatic hydroxyl groups is 1. The van der Waals surface area contributed by atoms with Crippen molar-refractivity contribution in [2.45, 2.75) is 39.0 Å². The van der Waals surface area contributed by atoms with Crippen molar-refractivity contribution in [3.8, 4) is 0 Å². The lowest BCUT2D eigenvalue weighted by Gasteiger charge is -2.40. The number of rotatable bonds is 6. The van der Waals surface area contributed by atoms with Gasteiger partial charge in [-0.2, -0.15) is 0 Å². The molecule has 2 aromatic heterocycles. The van der Waals surface area contributed by atoms with Crippen LogP contribution < -0.4 is 15.1 Å². The molecule has 1 aliphatic heterocycles. The van der Waals surface area contributed by atoms with Crippen molar-refractivity contribution < 1.29 is 24.5 Å². The molecular formula is C20H27N7O5. The minimum Gasteiger partial charge on any atom is -0.478 e. The number of aromatic carboxylic acids is 1. The molecule has 1 amide bonds. The molecule has 12 nitrogen and oxygen atoms in total. The topological polar surface area (TPSA) is 154 Å². The maximum Gasteiger partial charge on any atom is 0.407 e. The minimum atomic E-state index is -1.10. The quantitative estimate of drug-likeness (QED) is 0.575. The number of nitrogens with zero attached hydrogens (tertiary/aromatic N) is 6. The van der Waals surface area contributed by atoms with Gasteiger partial charge in [0, 0.05) is 56.5 Å². The van der Waals surface area contributed by atoms with Crippen LogP contribution in [0.2, 0.25) is 0 Å². The second kappa shape index (κ2) is 9.73. The molecule has 0 radical (unpaired) electrons. The molecule has 2 aromatic rings. The zero-order valence-corrected chi connectivity index (χ0v) is 18.2. The predicted octanol–water partition coefficient (Wildman–Crippen LogP) is 0.677. The Bertz CT molecular complexity index is 931. The van der Waals surface area contributed by atoms with Crippen molar-refractivity contribution in [1.29, 1.82) is 0 Å². The molecule has 1 atom stereocenters. The van der Waals surface area contributed by atoms with Gasteiger partial charge in [0.25, 0.3) is 0 Å². The molecule has 0 saturated carbocycles. The van der Waals surface area contributed by atoms with Crippen molar-refractivity contribution in [3.63, 3.8) is 0 Å². The summed E-state index contributed by atoms with van der Waals surface area (Å²) in [6, 6.07) is -0.309. The fourth-order valence-electron chi connectivity index (χ4n) is 3.13. The van der Waals surface area contributed by atoms with E-state index in [2.05, 4.69) is 25.3 Å². The number of amides is 1. The van der Waals surface area contributed by atoms with Crippen LogP contribution in [0.15, 0.2) is 24.8 Å². The van der Waals surface area contributed by atoms with Gasteiger partial charge in [0.05, 0.1) is 18.2 Å². The van der Waals surface area contributed by atoms with Gasteiger partial charge >= 0.3 is 12.1 Å². The Morgan fingerprint density at radius 3 is 2.28 bits per heavy atom. The molecule has 32 heavy (non-hydrogen) atoms. The largest absolute Gasteiger partial charge is 0.478 e. The number of carboxylic acid groups (broad SMARTS) is 1. The van der Waals surface area contributed by atoms with Crippen molar-refractivity contribution in [1.82, 2.24) is 25.3 Å². The van der Waals surface area contributed by atoms with E-state index in [9.17, 15) is 14.7 Å². The van der Waals surface area contributed by atoms with Gasteiger partial charge in [0.15, 0.2) is 0 Å². The smallest absolute Gasteiger partial charge is 0.407 e. The van der Waals surface area contributed by atoms with Crippen molar-refractivity contribution >= 4 is 24.0 Å². The first-order valence-electron chi connectivity index (χ1n) is 10.1. The monoisotopic (exact) mass is 445 g/mol. The molecule has 3 N–H and O–H groups in total. The maximum absolute atomic E-state index is 11.8. The Hall–Kier alpha value is -3.54. The third-order valence-electron chi connectivity index (χ3n) is 4.65. The molecule has 0 unspecified atom stereocenters. The Labute approximate surface area is 185 Å². The number of aliphatic hydroxyl groups excluding tert-OH is 1. The van der Waals surface area contributed by atoms with Gasteiger partial charge in [-0.1, -0.05) is 0 Å². The molecule has 0 aliphatic carbocycles. The Morgan fingerprint density at radius 2 is 1.72 bits per heavy atom. The van der Waals surface area contributed by atoms with Crippen LogP contribution in [0.25, 0.3) is 0 Å². The number of nitrogens with one attached hydrogen (secondary N) is 1. The molecule has 0 aromatic carbocycles. The van der Waals surface area contributed by atoms with Gasteiger partial charge in [-0.25, -0.2) is 29.5 Å². The summed E-state index contributed by atoms with van der Waals surface area (Å²) in [6.07, 6.45) is 5.25. The molecule has 172 valence electrons. The van der Waals surface area contributed by atoms with Crippen LogP contribution in [0.1, 0.15) is 36.7 Å². The Kier molecular flexibility index (Phi) is 7.03. The summed E-state index contributed by atoms with van der Waals surface area (Å²) in [7, 11) is 0. The lowest BCUT2D eigenvalue weighted by molar-refractivity contribution is 0.0523. The molecule has 1 aliphatic rings. The Balaban J connectivity index is 1.59. The number of hydrogen-bond acceptors (Lipinski definition) is 10. The first kappa shape index (κ1) is 23.1. The highest BCUT2D eigenvalue weighted by atomic mass is 16.6. The highest BCUT2D eigenvalue weighted by Crippen LogP contribution is 2.19. The average Bonchev–Trinajstić information content (AvgIpc) is 2.76. The SMILES string of the molecule is CC(C)(C)OC(=O)NCc1cnc(N2CCN(c3ncc(C(=O)O)cn3)[C@H](CO)C2)nc1. The summed E-state index contributed by atoms with van der Waals surface area (Å²) in [5.41, 5.74) is 0.158. The molecule has 1 fully saturated rings. The summed E-state index contributed by atoms with van der Waals surface area (Å²) in [5, 5.41) is 21.5. The summed E-state index contributed by atoms with van der Waals surface area (Å²) >= 11 is 0. The Morgan fingerprint density at radius 1 is 1.09 bits per heavy atom. The number of carbonyl (C=O) groups excluding carboxylic acids is 1. The third kappa shape index (κ3) is 6.00. The normalized spacial score (nSPS) is 16.6. The van der Waals surface area contributed by atoms with E-state index in [1.807, 2.05) is 9.80 Å². The van der Waals surface area contributed by atoms with E-state index in [1.165, 1.54) is 12.4 Å². The molecular weight excluding hydrogens is 418 g/mol. The molecule has 3 heterocycles. The van der Waals surface area contributed by atoms with Gasteiger partial charge in [-0.05, 0) is 20.8 Å². The minimum absolute atomic E-state index is 0.00239. The number of ether oxygens (including phenoxy) is 1. The van der Waals surface area contributed by atoms with Gasteiger partial charge in [0.1, 0.15) is 5.60 Å². The van der Waals surface area contributed by atoms with E-state index < -0.39 is 17.7 Å². The number of hydrogen-bond donors (Lipinski definition) is 3. The average molecular weight is 445 g/mol. The van der Waals surface area contributed by atoms with Crippen LogP contribution >= 0.6 is 0 Å². The molecule has 0 bridgehead atoms. The first-order chi connectivity index (χ1) is 15.2. The molecule has 3 rings (SSSR count). The van der Waals surface area contributed by atoms with Gasteiger partial charge in [0.2, 0.25) is 11.9 Å². The fraction of sp³-hybridized carbons (Fsp3) is 0.500. The fourth-order valence-corrected chi connectivity index (χ4v) is 3.13. The van der Waals surface area contributed by atoms with Crippen molar-refractivity contribution in [3.05, 3.63) is 35.9 Å². The highest BCUT2D eigenvalue weighted by Gasteiger charge is 2.29. The number of carbonyl (C=O) groups is 2. The maximum atomic E-state index is 11.8. The summed E-state index contributed by atoms with van der Waals surface area (Å²) in [5.74, 6) is -0.230. The first-order valence-corrected chi connectivity index (χ1v) is 10.1. The predicted molar refractivity (Wildman–Crippen MR) is 115 cm³/mol. The number of anilines is 2. The molecule has 0 spiro atoms. The van der Waals surface area contributed by atoms with Crippen LogP contribution in [0.4, 0.5) is 16.7 Å². The van der Waals surface area contributed by atoms with E-state index >= 15 is 0 Å². The molecule has 12 heteroatoms. The van der Waals surface area contributed by atoms with Crippen LogP contribution in [0, 0.1) is 0 Å². The second-order valence-corrected chi connectivity index (χ2v) is 8.30. The highest BCUT2D eigenvalue weighted by molar-refractivity contribution is 5.86. The standard InChI is InChI=1S/C20H27N7O5/c1-20(2,3)32-19(31)25-8-13-6-21-17(22-7-13)26-4-5-27(15(11-26)12-28)18-23-9-14(10-24-18)16(29)30/h6-7,9-10,15,28H,4-5,8,11-12H2,1-3H3,(H,25,31)(H,29,30)/t15-/m0/s1. The lowest BCUT2D eigenvalue weighted by atomic mass is 10.2. The van der Waals surface area contributed by atoms with Crippen LogP contribution in [0.3, 0.4) is 0 Å². The third-order valence-corrected chi connectivity index (χ3v) is 4.65. The van der Waals surface area contributed by atoms with Crippen molar-refractivity contribution in [2.24, 2.45) is 0 Å². The number of alkyl carbamates (subject to hydrolysis) is 1. The summed E-state index contributed by atoms with van der Waals surface area (Å²) in [4.78, 5) is 43.5. The van der Waals surface area contributed by atoms with Crippen LogP contribution in [0.5, 0.6) is 0 Å². The lowest BCUT2D eigenvalue weighted by Crippen LogP contribution is -2.56. The van der Waals surface area contributed by atoms with Crippen molar-refractivity contribution in [2.75, 3.05) is 36.0 Å². The number of piperazine rings is 1.